The molecule has 10 aromatic rings. The number of benzene rings is 5. The fourth-order valence-corrected chi connectivity index (χ4v) is 9.87. The van der Waals surface area contributed by atoms with Gasteiger partial charge in [0.15, 0.2) is 31.0 Å². The van der Waals surface area contributed by atoms with Crippen LogP contribution >= 0.6 is 0 Å². The van der Waals surface area contributed by atoms with E-state index in [1.54, 1.807) is 199 Å². The van der Waals surface area contributed by atoms with E-state index >= 15 is 0 Å². The normalized spacial score (nSPS) is 19.4. The Balaban J connectivity index is 0.000000231. The first-order chi connectivity index (χ1) is 53.7. The van der Waals surface area contributed by atoms with Gasteiger partial charge < -0.3 is 0 Å². The third-order valence-corrected chi connectivity index (χ3v) is 14.5. The van der Waals surface area contributed by atoms with Crippen molar-refractivity contribution in [3.63, 3.8) is 0 Å². The van der Waals surface area contributed by atoms with Gasteiger partial charge in [0, 0.05) is 131 Å². The molecular weight excluding hydrogens is 1040 g/mol. The maximum absolute atomic E-state index is 8.20. The van der Waals surface area contributed by atoms with Crippen LogP contribution in [0.1, 0.15) is 182 Å². The molecule has 0 bridgehead atoms. The predicted octanol–water partition coefficient (Wildman–Crippen LogP) is 17.7. The molecular formula is C81H102N5+5. The lowest BCUT2D eigenvalue weighted by Gasteiger charge is -2.10. The van der Waals surface area contributed by atoms with E-state index in [0.717, 1.165) is 78.5 Å². The lowest BCUT2D eigenvalue weighted by atomic mass is 9.96. The first-order valence-electron chi connectivity index (χ1n) is 44.3. The second kappa shape index (κ2) is 30.8. The molecule has 446 valence electrons. The van der Waals surface area contributed by atoms with Crippen molar-refractivity contribution in [1.82, 2.24) is 0 Å². The summed E-state index contributed by atoms with van der Waals surface area (Å²) in [7, 11) is 8.93. The number of nitrogens with zero attached hydrogens (tertiary/aromatic N) is 5. The Morgan fingerprint density at radius 1 is 0.337 bits per heavy atom. The summed E-state index contributed by atoms with van der Waals surface area (Å²) in [6.45, 7) is -6.99. The van der Waals surface area contributed by atoms with Crippen molar-refractivity contribution < 1.29 is 68.1 Å². The summed E-state index contributed by atoms with van der Waals surface area (Å²) in [4.78, 5) is 0. The summed E-state index contributed by atoms with van der Waals surface area (Å²) in [5.74, 6) is -3.40. The van der Waals surface area contributed by atoms with E-state index in [4.69, 9.17) is 45.2 Å². The number of aromatic nitrogens is 5. The summed E-state index contributed by atoms with van der Waals surface area (Å²) in [5.41, 5.74) is 15.8. The average Bonchev–Trinajstić information content (AvgIpc) is 0.775. The topological polar surface area (TPSA) is 19.4 Å². The molecule has 0 aliphatic heterocycles. The molecule has 2 atom stereocenters. The van der Waals surface area contributed by atoms with Gasteiger partial charge in [0.1, 0.15) is 35.2 Å². The molecule has 5 nitrogen and oxygen atoms in total. The Morgan fingerprint density at radius 2 is 0.651 bits per heavy atom. The Labute approximate surface area is 566 Å². The lowest BCUT2D eigenvalue weighted by Crippen LogP contribution is -2.31. The summed E-state index contributed by atoms with van der Waals surface area (Å²) in [6, 6.07) is 41.9. The molecule has 5 heteroatoms. The van der Waals surface area contributed by atoms with Gasteiger partial charge in [-0.3, -0.25) is 0 Å². The van der Waals surface area contributed by atoms with Crippen LogP contribution in [0.25, 0.3) is 56.3 Å². The van der Waals surface area contributed by atoms with Crippen LogP contribution in [0.15, 0.2) is 183 Å². The smallest absolute Gasteiger partial charge is 0.201 e. The molecule has 0 radical (unpaired) electrons. The van der Waals surface area contributed by atoms with Gasteiger partial charge in [-0.25, -0.2) is 22.8 Å². The minimum atomic E-state index is -2.76. The van der Waals surface area contributed by atoms with E-state index in [1.807, 2.05) is 51.4 Å². The largest absolute Gasteiger partial charge is 0.212 e. The van der Waals surface area contributed by atoms with E-state index in [0.29, 0.717) is 33.4 Å². The molecule has 0 spiro atoms. The van der Waals surface area contributed by atoms with Crippen molar-refractivity contribution in [3.05, 3.63) is 266 Å². The van der Waals surface area contributed by atoms with Gasteiger partial charge in [0.2, 0.25) is 28.5 Å². The van der Waals surface area contributed by atoms with Crippen LogP contribution in [0.3, 0.4) is 0 Å². The van der Waals surface area contributed by atoms with Crippen molar-refractivity contribution in [2.24, 2.45) is 35.2 Å². The van der Waals surface area contributed by atoms with Crippen LogP contribution in [-0.4, -0.2) is 0 Å². The quantitative estimate of drug-likeness (QED) is 0.128. The van der Waals surface area contributed by atoms with Crippen molar-refractivity contribution >= 4 is 0 Å². The Kier molecular flexibility index (Phi) is 12.3. The SMILES string of the molecule is [2H]C([2H])([2H])c1ccc(-c2ccc(C([2H])(C)C([2H])([2H])[2H])c[n+]2C)c(C)c1.[2H]C([2H])([2H])c1ccc(-c2ccc(C([2H])(C)C([2H])([2H])[2H])cc2C)[n+](C)c1.[2H]C([2H])([2H])c1ccc(-c2ccc(C([2H])([2H])C([2H])([2H])[2H])cc2C)[n+](C)c1.[2H]C([2H])([2H])c1ccc(-c2ccc(C([2H])([2H])C)c[n+]2C)c(C)c1.[2H]C([2H])([2H])c1ccc(-c2ccc(C([2H])([2H])[2H])c[n+]2C)c(C)c1. The maximum Gasteiger partial charge on any atom is 0.212 e. The number of hydrogen-bond donors (Lipinski definition) is 0. The molecule has 0 saturated carbocycles. The fraction of sp³-hybridized carbons (Fsp3) is 0.321. The molecule has 5 heterocycles. The van der Waals surface area contributed by atoms with Gasteiger partial charge in [-0.05, 0) is 200 Å². The van der Waals surface area contributed by atoms with Crippen LogP contribution in [0, 0.1) is 75.7 Å². The Bertz CT molecular complexity index is 4710. The maximum atomic E-state index is 8.20. The second-order valence-electron chi connectivity index (χ2n) is 21.3. The number of pyridine rings is 5. The highest BCUT2D eigenvalue weighted by molar-refractivity contribution is 5.65. The van der Waals surface area contributed by atoms with Crippen molar-refractivity contribution in [2.45, 2.75) is 142 Å². The van der Waals surface area contributed by atoms with E-state index in [2.05, 4.69) is 0 Å². The van der Waals surface area contributed by atoms with Gasteiger partial charge in [0.05, 0.1) is 0 Å². The fourth-order valence-electron chi connectivity index (χ4n) is 9.87. The van der Waals surface area contributed by atoms with Gasteiger partial charge in [-0.15, -0.1) is 0 Å². The Hall–Kier alpha value is -8.15. The highest BCUT2D eigenvalue weighted by Crippen LogP contribution is 2.28. The molecule has 0 saturated heterocycles. The summed E-state index contributed by atoms with van der Waals surface area (Å²) < 4.78 is 258. The van der Waals surface area contributed by atoms with Crippen LogP contribution in [0.2, 0.25) is 0 Å². The van der Waals surface area contributed by atoms with Crippen LogP contribution in [-0.2, 0) is 48.0 Å². The Morgan fingerprint density at radius 3 is 0.988 bits per heavy atom. The third kappa shape index (κ3) is 18.0. The molecule has 0 aliphatic carbocycles. The van der Waals surface area contributed by atoms with E-state index in [1.165, 1.54) is 45.2 Å². The third-order valence-electron chi connectivity index (χ3n) is 14.5. The zero-order chi connectivity index (χ0) is 91.0. The van der Waals surface area contributed by atoms with Gasteiger partial charge in [-0.2, -0.15) is 0 Å². The minimum absolute atomic E-state index is 0.0931. The van der Waals surface area contributed by atoms with Crippen LogP contribution < -0.4 is 22.8 Å². The van der Waals surface area contributed by atoms with Crippen LogP contribution in [0.4, 0.5) is 0 Å². The average molecular weight is 1180 g/mol. The minimum Gasteiger partial charge on any atom is -0.201 e. The van der Waals surface area contributed by atoms with Gasteiger partial charge in [-0.1, -0.05) is 119 Å². The van der Waals surface area contributed by atoms with Crippen LogP contribution in [0.5, 0.6) is 0 Å². The first-order valence-corrected chi connectivity index (χ1v) is 27.8. The highest BCUT2D eigenvalue weighted by atomic mass is 14.9. The summed E-state index contributed by atoms with van der Waals surface area (Å²) in [5, 5.41) is 0. The lowest BCUT2D eigenvalue weighted by molar-refractivity contribution is -0.661. The van der Waals surface area contributed by atoms with Gasteiger partial charge in [0.25, 0.3) is 0 Å². The number of aryl methyl sites for hydroxylation is 18. The first kappa shape index (κ1) is 34.3. The van der Waals surface area contributed by atoms with Gasteiger partial charge >= 0.3 is 0 Å². The highest BCUT2D eigenvalue weighted by Gasteiger charge is 2.18. The molecule has 0 aliphatic rings. The second-order valence-corrected chi connectivity index (χ2v) is 21.3. The molecule has 5 aromatic carbocycles. The van der Waals surface area contributed by atoms with Crippen molar-refractivity contribution in [1.29, 1.82) is 0 Å². The molecule has 0 fully saturated rings. The molecule has 0 amide bonds. The molecule has 10 rings (SSSR count). The number of rotatable bonds is 9. The monoisotopic (exact) mass is 1180 g/mol. The molecule has 0 N–H and O–H groups in total. The van der Waals surface area contributed by atoms with E-state index < -0.39 is 86.2 Å². The molecule has 2 unspecified atom stereocenters. The number of hydrogen-bond acceptors (Lipinski definition) is 0. The molecule has 86 heavy (non-hydrogen) atoms. The zero-order valence-electron chi connectivity index (χ0n) is 84.6. The predicted molar refractivity (Wildman–Crippen MR) is 364 cm³/mol. The standard InChI is InChI=1S/2C17H22N.2C16H20N.C15H18N/c1-12(2)15-7-8-16(14(4)10-15)17-9-6-13(3)11-18(17)5;1-12(2)15-7-9-17(18(5)11-15)16-8-6-13(3)10-14(16)4;1-5-14-7-8-15(13(3)10-14)16-9-6-12(2)11-17(16)4;1-5-14-7-9-16(17(4)11-14)15-8-6-12(2)10-13(15)3;1-11-5-7-14(13(3)9-11)15-8-6-12(2)10-16(15)4/h2*6-12H,1-5H3;2*6-11H,5H2,1-4H3;5-10H,1-4H3/q5*+1/i2*1D3,3D3,12D;1D3,2D3,5D2;2D3,5D2;1D3,2D3. The van der Waals surface area contributed by atoms with E-state index in [9.17, 15) is 0 Å². The van der Waals surface area contributed by atoms with E-state index in [-0.39, 0.29) is 27.8 Å². The summed E-state index contributed by atoms with van der Waals surface area (Å²) >= 11 is 0. The van der Waals surface area contributed by atoms with Crippen molar-refractivity contribution in [2.75, 3.05) is 0 Å². The van der Waals surface area contributed by atoms with Crippen molar-refractivity contribution in [3.8, 4) is 56.3 Å². The molecule has 5 aromatic heterocycles. The zero-order valence-corrected chi connectivity index (χ0v) is 51.6. The summed E-state index contributed by atoms with van der Waals surface area (Å²) in [6.07, 6.45) is 4.28.